The van der Waals surface area contributed by atoms with Crippen molar-refractivity contribution in [3.63, 3.8) is 0 Å². The quantitative estimate of drug-likeness (QED) is 0.427. The van der Waals surface area contributed by atoms with Crippen molar-refractivity contribution in [3.05, 3.63) is 25.7 Å². The molecule has 0 fully saturated rings. The normalized spacial score (nSPS) is 10.7. The summed E-state index contributed by atoms with van der Waals surface area (Å²) in [5, 5.41) is 38.4. The van der Waals surface area contributed by atoms with Gasteiger partial charge in [0, 0.05) is 5.16 Å². The zero-order chi connectivity index (χ0) is 13.8. The molecule has 2 rings (SSSR count). The Morgan fingerprint density at radius 2 is 1.63 bits per heavy atom. The van der Waals surface area contributed by atoms with Crippen LogP contribution in [0.2, 0.25) is 0 Å². The molecule has 0 unspecified atom stereocenters. The summed E-state index contributed by atoms with van der Waals surface area (Å²) >= 11 is 0. The third-order valence-corrected chi connectivity index (χ3v) is 1.50. The van der Waals surface area contributed by atoms with Crippen LogP contribution in [-0.4, -0.2) is 30.6 Å². The van der Waals surface area contributed by atoms with Gasteiger partial charge in [0.1, 0.15) is 0 Å². The number of nitrogens with zero attached hydrogens (tertiary/aromatic N) is 9. The SMILES string of the molecule is O=[N+]([O-])[N-]c1nonc1N=Nc1nonc1[N+](=O)[O-]. The van der Waals surface area contributed by atoms with Crippen molar-refractivity contribution in [2.45, 2.75) is 0 Å². The lowest BCUT2D eigenvalue weighted by Gasteiger charge is -1.96. The van der Waals surface area contributed by atoms with E-state index in [9.17, 15) is 20.2 Å². The molecule has 0 aliphatic carbocycles. The van der Waals surface area contributed by atoms with Gasteiger partial charge in [0.25, 0.3) is 0 Å². The van der Waals surface area contributed by atoms with Gasteiger partial charge in [-0.05, 0) is 4.92 Å². The second kappa shape index (κ2) is 4.77. The molecule has 98 valence electrons. The lowest BCUT2D eigenvalue weighted by Crippen LogP contribution is -1.87. The van der Waals surface area contributed by atoms with E-state index in [-0.39, 0.29) is 0 Å². The second-order valence-corrected chi connectivity index (χ2v) is 2.62. The first kappa shape index (κ1) is 12.0. The summed E-state index contributed by atoms with van der Waals surface area (Å²) < 4.78 is 8.23. The van der Waals surface area contributed by atoms with Gasteiger partial charge in [-0.1, -0.05) is 5.16 Å². The number of aromatic nitrogens is 4. The average molecular weight is 270 g/mol. The highest BCUT2D eigenvalue weighted by Crippen LogP contribution is 2.29. The molecule has 0 aliphatic heterocycles. The standard InChI is InChI=1S/C4N9O6/c14-12(15)4-3(10-19-11-4)6-5-1-2(7-13(16)17)9-18-8-1/q-1. The van der Waals surface area contributed by atoms with E-state index in [0.29, 0.717) is 0 Å². The van der Waals surface area contributed by atoms with Gasteiger partial charge in [0.05, 0.1) is 10.9 Å². The smallest absolute Gasteiger partial charge is 0.358 e. The molecule has 0 aromatic carbocycles. The monoisotopic (exact) mass is 270 g/mol. The van der Waals surface area contributed by atoms with Crippen molar-refractivity contribution >= 4 is 23.3 Å². The van der Waals surface area contributed by atoms with E-state index < -0.39 is 33.2 Å². The van der Waals surface area contributed by atoms with Crippen LogP contribution >= 0.6 is 0 Å². The highest BCUT2D eigenvalue weighted by Gasteiger charge is 2.22. The van der Waals surface area contributed by atoms with Crippen LogP contribution in [0, 0.1) is 20.2 Å². The topological polar surface area (TPSA) is 203 Å². The Balaban J connectivity index is 2.23. The van der Waals surface area contributed by atoms with Gasteiger partial charge in [-0.15, -0.1) is 20.3 Å². The highest BCUT2D eigenvalue weighted by atomic mass is 16.7. The Bertz CT molecular complexity index is 643. The first-order chi connectivity index (χ1) is 9.08. The van der Waals surface area contributed by atoms with Crippen LogP contribution < -0.4 is 0 Å². The zero-order valence-corrected chi connectivity index (χ0v) is 8.47. The summed E-state index contributed by atoms with van der Waals surface area (Å²) in [7, 11) is 0. The fourth-order valence-corrected chi connectivity index (χ4v) is 0.835. The molecule has 0 N–H and O–H groups in total. The molecule has 0 spiro atoms. The molecule has 0 atom stereocenters. The van der Waals surface area contributed by atoms with Crippen molar-refractivity contribution in [1.29, 1.82) is 0 Å². The van der Waals surface area contributed by atoms with Gasteiger partial charge in [-0.3, -0.25) is 10.1 Å². The third-order valence-electron chi connectivity index (χ3n) is 1.50. The Morgan fingerprint density at radius 1 is 1.00 bits per heavy atom. The third kappa shape index (κ3) is 2.60. The summed E-state index contributed by atoms with van der Waals surface area (Å²) in [6.07, 6.45) is 0. The molecule has 0 saturated heterocycles. The molecule has 0 radical (unpaired) electrons. The van der Waals surface area contributed by atoms with Gasteiger partial charge < -0.3 is 14.7 Å². The largest absolute Gasteiger partial charge is 0.462 e. The lowest BCUT2D eigenvalue weighted by atomic mass is 10.6. The maximum Gasteiger partial charge on any atom is 0.462 e. The highest BCUT2D eigenvalue weighted by molar-refractivity contribution is 5.55. The maximum atomic E-state index is 10.4. The molecule has 19 heavy (non-hydrogen) atoms. The Kier molecular flexibility index (Phi) is 3.00. The molecule has 0 saturated carbocycles. The predicted molar refractivity (Wildman–Crippen MR) is 49.4 cm³/mol. The summed E-state index contributed by atoms with van der Waals surface area (Å²) in [4.78, 5) is 19.7. The molecular formula is C4N9O6-. The van der Waals surface area contributed by atoms with Crippen molar-refractivity contribution in [2.24, 2.45) is 10.2 Å². The van der Waals surface area contributed by atoms with Crippen LogP contribution in [0.15, 0.2) is 19.5 Å². The summed E-state index contributed by atoms with van der Waals surface area (Å²) in [5.41, 5.74) is 2.78. The summed E-state index contributed by atoms with van der Waals surface area (Å²) in [5.74, 6) is -2.37. The number of hydrogen-bond acceptors (Lipinski definition) is 12. The van der Waals surface area contributed by atoms with Gasteiger partial charge in [-0.25, -0.2) is 5.16 Å². The van der Waals surface area contributed by atoms with Crippen molar-refractivity contribution in [2.75, 3.05) is 0 Å². The van der Waals surface area contributed by atoms with E-state index in [1.165, 1.54) is 0 Å². The summed E-state index contributed by atoms with van der Waals surface area (Å²) in [6, 6.07) is 0. The van der Waals surface area contributed by atoms with E-state index >= 15 is 0 Å². The molecule has 0 bridgehead atoms. The zero-order valence-electron chi connectivity index (χ0n) is 8.47. The van der Waals surface area contributed by atoms with Crippen LogP contribution in [0.25, 0.3) is 5.43 Å². The Morgan fingerprint density at radius 3 is 2.32 bits per heavy atom. The summed E-state index contributed by atoms with van der Waals surface area (Å²) in [6.45, 7) is 0. The number of nitro groups is 2. The Hall–Kier alpha value is -3.52. The van der Waals surface area contributed by atoms with Crippen LogP contribution in [0.3, 0.4) is 0 Å². The van der Waals surface area contributed by atoms with Crippen molar-refractivity contribution in [1.82, 2.24) is 20.6 Å². The minimum atomic E-state index is -1.06. The first-order valence-electron chi connectivity index (χ1n) is 4.15. The Labute approximate surface area is 100 Å². The predicted octanol–water partition coefficient (Wildman–Crippen LogP) is 0.973. The number of hydrogen-bond donors (Lipinski definition) is 0. The minimum absolute atomic E-state index is 0.464. The van der Waals surface area contributed by atoms with Crippen LogP contribution in [0.4, 0.5) is 23.3 Å². The molecular weight excluding hydrogens is 270 g/mol. The first-order valence-corrected chi connectivity index (χ1v) is 4.15. The molecule has 15 nitrogen and oxygen atoms in total. The second-order valence-electron chi connectivity index (χ2n) is 2.62. The van der Waals surface area contributed by atoms with Crippen LogP contribution in [-0.2, 0) is 0 Å². The molecule has 0 aliphatic rings. The van der Waals surface area contributed by atoms with Crippen molar-refractivity contribution < 1.29 is 19.2 Å². The van der Waals surface area contributed by atoms with E-state index in [0.717, 1.165) is 0 Å². The number of azo groups is 1. The minimum Gasteiger partial charge on any atom is -0.358 e. The van der Waals surface area contributed by atoms with Gasteiger partial charge in [0.15, 0.2) is 5.16 Å². The van der Waals surface area contributed by atoms with E-state index in [4.69, 9.17) is 0 Å². The lowest BCUT2D eigenvalue weighted by molar-refractivity contribution is -0.419. The van der Waals surface area contributed by atoms with Crippen LogP contribution in [0.5, 0.6) is 0 Å². The van der Waals surface area contributed by atoms with E-state index in [1.807, 2.05) is 0 Å². The van der Waals surface area contributed by atoms with Gasteiger partial charge in [-0.2, -0.15) is 0 Å². The van der Waals surface area contributed by atoms with E-state index in [2.05, 4.69) is 45.5 Å². The average Bonchev–Trinajstić information content (AvgIpc) is 2.94. The molecule has 2 aromatic rings. The van der Waals surface area contributed by atoms with Gasteiger partial charge in [0.2, 0.25) is 5.82 Å². The fourth-order valence-electron chi connectivity index (χ4n) is 0.835. The maximum absolute atomic E-state index is 10.4. The van der Waals surface area contributed by atoms with E-state index in [1.54, 1.807) is 0 Å². The van der Waals surface area contributed by atoms with Gasteiger partial charge >= 0.3 is 11.6 Å². The van der Waals surface area contributed by atoms with Crippen LogP contribution in [0.1, 0.15) is 0 Å². The number of rotatable bonds is 5. The molecule has 0 amide bonds. The fraction of sp³-hybridized carbons (Fsp3) is 0. The molecule has 15 heteroatoms. The van der Waals surface area contributed by atoms with Crippen molar-refractivity contribution in [3.8, 4) is 0 Å². The molecule has 2 heterocycles. The molecule has 2 aromatic heterocycles.